The van der Waals surface area contributed by atoms with Crippen LogP contribution in [0.2, 0.25) is 0 Å². The van der Waals surface area contributed by atoms with Crippen LogP contribution in [0, 0.1) is 5.41 Å². The number of nitrogens with zero attached hydrogens (tertiary/aromatic N) is 1. The molecular formula is C19H30N2O2. The molecule has 4 heteroatoms. The third-order valence-electron chi connectivity index (χ3n) is 4.87. The van der Waals surface area contributed by atoms with E-state index in [0.29, 0.717) is 6.54 Å². The predicted octanol–water partition coefficient (Wildman–Crippen LogP) is 2.84. The maximum absolute atomic E-state index is 12.5. The van der Waals surface area contributed by atoms with Crippen LogP contribution in [0.25, 0.3) is 0 Å². The third-order valence-corrected chi connectivity index (χ3v) is 4.87. The van der Waals surface area contributed by atoms with Crippen LogP contribution in [0.4, 0.5) is 5.69 Å². The lowest BCUT2D eigenvalue weighted by molar-refractivity contribution is -0.118. The van der Waals surface area contributed by atoms with Crippen molar-refractivity contribution < 1.29 is 9.90 Å². The molecule has 0 radical (unpaired) electrons. The van der Waals surface area contributed by atoms with Gasteiger partial charge < -0.3 is 10.4 Å². The van der Waals surface area contributed by atoms with Crippen LogP contribution in [0.5, 0.6) is 0 Å². The smallest absolute Gasteiger partial charge is 0.238 e. The van der Waals surface area contributed by atoms with E-state index in [1.165, 1.54) is 11.1 Å². The minimum absolute atomic E-state index is 0.0442. The number of carbonyl (C=O) groups excluding carboxylic acids is 1. The van der Waals surface area contributed by atoms with Crippen LogP contribution >= 0.6 is 0 Å². The number of aliphatic hydroxyl groups is 1. The van der Waals surface area contributed by atoms with Crippen LogP contribution in [-0.2, 0) is 17.6 Å². The maximum atomic E-state index is 12.5. The van der Waals surface area contributed by atoms with E-state index >= 15 is 0 Å². The minimum Gasteiger partial charge on any atom is -0.396 e. The molecule has 0 aliphatic carbocycles. The molecule has 1 aliphatic rings. The number of aliphatic hydroxyl groups excluding tert-OH is 1. The van der Waals surface area contributed by atoms with Gasteiger partial charge in [0.1, 0.15) is 0 Å². The molecule has 0 aromatic heterocycles. The van der Waals surface area contributed by atoms with E-state index in [2.05, 4.69) is 49.2 Å². The number of anilines is 1. The quantitative estimate of drug-likeness (QED) is 0.848. The van der Waals surface area contributed by atoms with Gasteiger partial charge >= 0.3 is 0 Å². The number of hydrogen-bond acceptors (Lipinski definition) is 3. The van der Waals surface area contributed by atoms with E-state index in [1.54, 1.807) is 0 Å². The maximum Gasteiger partial charge on any atom is 0.238 e. The van der Waals surface area contributed by atoms with Gasteiger partial charge in [-0.05, 0) is 43.4 Å². The molecule has 1 unspecified atom stereocenters. The number of piperidine rings is 1. The standard InChI is InChI=1S/C19H30N2O2/c1-4-15-8-6-9-16(5-2)18(15)20-17(23)12-21-11-7-10-19(3,13-21)14-22/h6,8-9,22H,4-5,7,10-14H2,1-3H3,(H,20,23). The lowest BCUT2D eigenvalue weighted by Gasteiger charge is -2.39. The number of benzene rings is 1. The highest BCUT2D eigenvalue weighted by Gasteiger charge is 2.31. The normalized spacial score (nSPS) is 22.1. The Balaban J connectivity index is 2.03. The zero-order valence-corrected chi connectivity index (χ0v) is 14.7. The summed E-state index contributed by atoms with van der Waals surface area (Å²) in [7, 11) is 0. The monoisotopic (exact) mass is 318 g/mol. The fourth-order valence-corrected chi connectivity index (χ4v) is 3.48. The number of aryl methyl sites for hydroxylation is 2. The first kappa shape index (κ1) is 18.0. The van der Waals surface area contributed by atoms with Gasteiger partial charge in [0.25, 0.3) is 0 Å². The van der Waals surface area contributed by atoms with Crippen molar-refractivity contribution in [3.05, 3.63) is 29.3 Å². The highest BCUT2D eigenvalue weighted by Crippen LogP contribution is 2.28. The van der Waals surface area contributed by atoms with E-state index in [4.69, 9.17) is 0 Å². The Morgan fingerprint density at radius 1 is 1.30 bits per heavy atom. The molecule has 1 heterocycles. The molecule has 1 aromatic rings. The second-order valence-electron chi connectivity index (χ2n) is 6.99. The molecule has 2 N–H and O–H groups in total. The van der Waals surface area contributed by atoms with Gasteiger partial charge in [-0.15, -0.1) is 0 Å². The summed E-state index contributed by atoms with van der Waals surface area (Å²) in [5.74, 6) is 0.0442. The largest absolute Gasteiger partial charge is 0.396 e. The molecule has 1 fully saturated rings. The summed E-state index contributed by atoms with van der Waals surface area (Å²) in [5, 5.41) is 12.7. The summed E-state index contributed by atoms with van der Waals surface area (Å²) in [5.41, 5.74) is 3.30. The summed E-state index contributed by atoms with van der Waals surface area (Å²) in [4.78, 5) is 14.7. The van der Waals surface area contributed by atoms with Crippen molar-refractivity contribution in [1.82, 2.24) is 4.90 Å². The Morgan fingerprint density at radius 3 is 2.52 bits per heavy atom. The fraction of sp³-hybridized carbons (Fsp3) is 0.632. The molecule has 0 saturated carbocycles. The summed E-state index contributed by atoms with van der Waals surface area (Å²) in [6, 6.07) is 6.22. The molecule has 4 nitrogen and oxygen atoms in total. The summed E-state index contributed by atoms with van der Waals surface area (Å²) in [6.07, 6.45) is 3.89. The summed E-state index contributed by atoms with van der Waals surface area (Å²) in [6.45, 7) is 8.62. The zero-order chi connectivity index (χ0) is 16.9. The van der Waals surface area contributed by atoms with Crippen LogP contribution < -0.4 is 5.32 Å². The molecule has 0 bridgehead atoms. The molecule has 0 spiro atoms. The SMILES string of the molecule is CCc1cccc(CC)c1NC(=O)CN1CCCC(C)(CO)C1. The van der Waals surface area contributed by atoms with Gasteiger partial charge in [-0.25, -0.2) is 0 Å². The summed E-state index contributed by atoms with van der Waals surface area (Å²) >= 11 is 0. The zero-order valence-electron chi connectivity index (χ0n) is 14.7. The Labute approximate surface area is 139 Å². The van der Waals surface area contributed by atoms with Gasteiger partial charge in [0.2, 0.25) is 5.91 Å². The Bertz CT molecular complexity index is 522. The molecule has 2 rings (SSSR count). The number of nitrogens with one attached hydrogen (secondary N) is 1. The molecule has 1 aromatic carbocycles. The molecule has 23 heavy (non-hydrogen) atoms. The van der Waals surface area contributed by atoms with Gasteiger partial charge in [0.05, 0.1) is 6.54 Å². The lowest BCUT2D eigenvalue weighted by atomic mass is 9.83. The van der Waals surface area contributed by atoms with Gasteiger partial charge in [-0.2, -0.15) is 0 Å². The van der Waals surface area contributed by atoms with Crippen LogP contribution in [0.3, 0.4) is 0 Å². The first-order valence-electron chi connectivity index (χ1n) is 8.75. The first-order chi connectivity index (χ1) is 11.0. The van der Waals surface area contributed by atoms with E-state index in [0.717, 1.165) is 44.5 Å². The number of hydrogen-bond donors (Lipinski definition) is 2. The van der Waals surface area contributed by atoms with Crippen LogP contribution in [0.1, 0.15) is 44.7 Å². The van der Waals surface area contributed by atoms with Crippen molar-refractivity contribution in [2.24, 2.45) is 5.41 Å². The van der Waals surface area contributed by atoms with Gasteiger partial charge in [-0.1, -0.05) is 39.0 Å². The van der Waals surface area contributed by atoms with Crippen LogP contribution in [-0.4, -0.2) is 42.2 Å². The molecule has 128 valence electrons. The average molecular weight is 318 g/mol. The second-order valence-corrected chi connectivity index (χ2v) is 6.99. The Hall–Kier alpha value is -1.39. The number of amides is 1. The van der Waals surface area contributed by atoms with Crippen molar-refractivity contribution in [1.29, 1.82) is 0 Å². The molecule has 1 atom stereocenters. The highest BCUT2D eigenvalue weighted by atomic mass is 16.3. The van der Waals surface area contributed by atoms with Crippen molar-refractivity contribution in [2.75, 3.05) is 31.6 Å². The third kappa shape index (κ3) is 4.55. The molecule has 1 amide bonds. The Kier molecular flexibility index (Phi) is 6.19. The van der Waals surface area contributed by atoms with Crippen molar-refractivity contribution in [3.8, 4) is 0 Å². The number of para-hydroxylation sites is 1. The van der Waals surface area contributed by atoms with Crippen molar-refractivity contribution in [2.45, 2.75) is 46.5 Å². The van der Waals surface area contributed by atoms with Crippen LogP contribution in [0.15, 0.2) is 18.2 Å². The first-order valence-corrected chi connectivity index (χ1v) is 8.75. The van der Waals surface area contributed by atoms with Gasteiger partial charge in [0.15, 0.2) is 0 Å². The molecular weight excluding hydrogens is 288 g/mol. The average Bonchev–Trinajstić information content (AvgIpc) is 2.55. The van der Waals surface area contributed by atoms with E-state index in [9.17, 15) is 9.90 Å². The van der Waals surface area contributed by atoms with E-state index in [1.807, 2.05) is 0 Å². The fourth-order valence-electron chi connectivity index (χ4n) is 3.48. The predicted molar refractivity (Wildman–Crippen MR) is 94.7 cm³/mol. The second kappa shape index (κ2) is 7.93. The topological polar surface area (TPSA) is 52.6 Å². The number of rotatable bonds is 6. The Morgan fingerprint density at radius 2 is 1.96 bits per heavy atom. The van der Waals surface area contributed by atoms with E-state index in [-0.39, 0.29) is 17.9 Å². The highest BCUT2D eigenvalue weighted by molar-refractivity contribution is 5.93. The lowest BCUT2D eigenvalue weighted by Crippen LogP contribution is -2.46. The molecule has 1 aliphatic heterocycles. The van der Waals surface area contributed by atoms with E-state index < -0.39 is 0 Å². The number of likely N-dealkylation sites (tertiary alicyclic amines) is 1. The summed E-state index contributed by atoms with van der Waals surface area (Å²) < 4.78 is 0. The van der Waals surface area contributed by atoms with Gasteiger partial charge in [0, 0.05) is 24.3 Å². The minimum atomic E-state index is -0.0750. The van der Waals surface area contributed by atoms with Crippen molar-refractivity contribution >= 4 is 11.6 Å². The molecule has 1 saturated heterocycles. The van der Waals surface area contributed by atoms with Crippen molar-refractivity contribution in [3.63, 3.8) is 0 Å². The number of carbonyl (C=O) groups is 1. The van der Waals surface area contributed by atoms with Gasteiger partial charge in [-0.3, -0.25) is 9.69 Å².